The molecule has 2 N–H and O–H groups in total. The van der Waals surface area contributed by atoms with Crippen LogP contribution in [0.25, 0.3) is 0 Å². The highest BCUT2D eigenvalue weighted by molar-refractivity contribution is 5.94. The summed E-state index contributed by atoms with van der Waals surface area (Å²) in [7, 11) is 0. The first kappa shape index (κ1) is 15.8. The maximum atomic E-state index is 12.1. The zero-order valence-electron chi connectivity index (χ0n) is 11.4. The van der Waals surface area contributed by atoms with Gasteiger partial charge in [-0.2, -0.15) is 13.2 Å². The Morgan fingerprint density at radius 2 is 2.10 bits per heavy atom. The van der Waals surface area contributed by atoms with Crippen LogP contribution in [-0.2, 0) is 16.0 Å². The molecule has 7 heteroatoms. The van der Waals surface area contributed by atoms with Crippen molar-refractivity contribution in [3.63, 3.8) is 0 Å². The van der Waals surface area contributed by atoms with Crippen LogP contribution < -0.4 is 10.6 Å². The SMILES string of the molecule is NC1Cc2ccccc2N(C(=O)CCOCC(F)(F)F)C1. The van der Waals surface area contributed by atoms with Crippen molar-refractivity contribution in [2.24, 2.45) is 5.73 Å². The molecule has 0 fully saturated rings. The average molecular weight is 302 g/mol. The second-order valence-corrected chi connectivity index (χ2v) is 5.02. The van der Waals surface area contributed by atoms with Gasteiger partial charge in [-0.3, -0.25) is 4.79 Å². The predicted octanol–water partition coefficient (Wildman–Crippen LogP) is 1.87. The van der Waals surface area contributed by atoms with Gasteiger partial charge in [0.15, 0.2) is 0 Å². The lowest BCUT2D eigenvalue weighted by Crippen LogP contribution is -2.46. The summed E-state index contributed by atoms with van der Waals surface area (Å²) in [5.41, 5.74) is 7.67. The molecule has 1 aliphatic rings. The lowest BCUT2D eigenvalue weighted by Gasteiger charge is -2.33. The van der Waals surface area contributed by atoms with Crippen molar-refractivity contribution < 1.29 is 22.7 Å². The molecule has 0 saturated carbocycles. The van der Waals surface area contributed by atoms with Crippen molar-refractivity contribution in [2.45, 2.75) is 25.1 Å². The normalized spacial score (nSPS) is 18.5. The van der Waals surface area contributed by atoms with Gasteiger partial charge in [-0.25, -0.2) is 0 Å². The Labute approximate surface area is 120 Å². The highest BCUT2D eigenvalue weighted by Gasteiger charge is 2.28. The first-order chi connectivity index (χ1) is 9.87. The molecule has 0 spiro atoms. The molecule has 2 rings (SSSR count). The fraction of sp³-hybridized carbons (Fsp3) is 0.500. The fourth-order valence-electron chi connectivity index (χ4n) is 2.35. The number of ether oxygens (including phenoxy) is 1. The fourth-order valence-corrected chi connectivity index (χ4v) is 2.35. The van der Waals surface area contributed by atoms with Crippen LogP contribution in [-0.4, -0.2) is 37.9 Å². The smallest absolute Gasteiger partial charge is 0.372 e. The van der Waals surface area contributed by atoms with E-state index in [0.717, 1.165) is 11.3 Å². The third-order valence-corrected chi connectivity index (χ3v) is 3.21. The highest BCUT2D eigenvalue weighted by atomic mass is 19.4. The molecule has 116 valence electrons. The van der Waals surface area contributed by atoms with Gasteiger partial charge in [-0.1, -0.05) is 18.2 Å². The van der Waals surface area contributed by atoms with E-state index in [4.69, 9.17) is 5.73 Å². The minimum Gasteiger partial charge on any atom is -0.372 e. The topological polar surface area (TPSA) is 55.6 Å². The zero-order chi connectivity index (χ0) is 15.5. The van der Waals surface area contributed by atoms with Gasteiger partial charge in [0.25, 0.3) is 0 Å². The number of nitrogens with two attached hydrogens (primary N) is 1. The quantitative estimate of drug-likeness (QED) is 0.864. The predicted molar refractivity (Wildman–Crippen MR) is 72.0 cm³/mol. The Bertz CT molecular complexity index is 505. The van der Waals surface area contributed by atoms with Crippen LogP contribution in [0.15, 0.2) is 24.3 Å². The van der Waals surface area contributed by atoms with E-state index in [2.05, 4.69) is 4.74 Å². The summed E-state index contributed by atoms with van der Waals surface area (Å²) >= 11 is 0. The lowest BCUT2D eigenvalue weighted by atomic mass is 9.98. The number of alkyl halides is 3. The summed E-state index contributed by atoms with van der Waals surface area (Å²) in [4.78, 5) is 13.7. The number of anilines is 1. The van der Waals surface area contributed by atoms with Gasteiger partial charge >= 0.3 is 6.18 Å². The maximum absolute atomic E-state index is 12.1. The number of hydrogen-bond donors (Lipinski definition) is 1. The largest absolute Gasteiger partial charge is 0.411 e. The molecule has 1 aliphatic heterocycles. The van der Waals surface area contributed by atoms with Crippen LogP contribution in [0.3, 0.4) is 0 Å². The molecule has 1 aromatic carbocycles. The van der Waals surface area contributed by atoms with E-state index in [0.29, 0.717) is 13.0 Å². The number of benzene rings is 1. The summed E-state index contributed by atoms with van der Waals surface area (Å²) in [6.07, 6.45) is -3.79. The highest BCUT2D eigenvalue weighted by Crippen LogP contribution is 2.26. The van der Waals surface area contributed by atoms with Crippen LogP contribution in [0.1, 0.15) is 12.0 Å². The second kappa shape index (κ2) is 6.44. The van der Waals surface area contributed by atoms with E-state index in [1.807, 2.05) is 24.3 Å². The lowest BCUT2D eigenvalue weighted by molar-refractivity contribution is -0.174. The molecule has 1 aromatic rings. The summed E-state index contributed by atoms with van der Waals surface area (Å²) in [5, 5.41) is 0. The molecule has 1 atom stereocenters. The third kappa shape index (κ3) is 4.44. The summed E-state index contributed by atoms with van der Waals surface area (Å²) < 4.78 is 40.3. The van der Waals surface area contributed by atoms with E-state index in [-0.39, 0.29) is 25.0 Å². The van der Waals surface area contributed by atoms with Gasteiger partial charge in [-0.05, 0) is 18.1 Å². The minimum absolute atomic E-state index is 0.100. The Balaban J connectivity index is 1.94. The van der Waals surface area contributed by atoms with Crippen molar-refractivity contribution in [1.29, 1.82) is 0 Å². The maximum Gasteiger partial charge on any atom is 0.411 e. The second-order valence-electron chi connectivity index (χ2n) is 5.02. The molecule has 4 nitrogen and oxygen atoms in total. The molecule has 1 amide bonds. The minimum atomic E-state index is -4.37. The Morgan fingerprint density at radius 3 is 2.81 bits per heavy atom. The molecule has 0 bridgehead atoms. The van der Waals surface area contributed by atoms with Crippen molar-refractivity contribution in [1.82, 2.24) is 0 Å². The molecule has 1 heterocycles. The number of carbonyl (C=O) groups excluding carboxylic acids is 1. The van der Waals surface area contributed by atoms with Gasteiger partial charge in [-0.15, -0.1) is 0 Å². The van der Waals surface area contributed by atoms with Gasteiger partial charge < -0.3 is 15.4 Å². The molecule has 0 radical (unpaired) electrons. The van der Waals surface area contributed by atoms with Crippen molar-refractivity contribution in [3.8, 4) is 0 Å². The Kier molecular flexibility index (Phi) is 4.84. The van der Waals surface area contributed by atoms with Gasteiger partial charge in [0, 0.05) is 18.3 Å². The Hall–Kier alpha value is -1.60. The number of rotatable bonds is 4. The Morgan fingerprint density at radius 1 is 1.38 bits per heavy atom. The summed E-state index contributed by atoms with van der Waals surface area (Å²) in [6, 6.07) is 7.23. The monoisotopic (exact) mass is 302 g/mol. The van der Waals surface area contributed by atoms with Crippen molar-refractivity contribution in [3.05, 3.63) is 29.8 Å². The van der Waals surface area contributed by atoms with Crippen molar-refractivity contribution in [2.75, 3.05) is 24.7 Å². The number of fused-ring (bicyclic) bond motifs is 1. The molecule has 21 heavy (non-hydrogen) atoms. The van der Waals surface area contributed by atoms with E-state index in [9.17, 15) is 18.0 Å². The number of carbonyl (C=O) groups is 1. The molecular weight excluding hydrogens is 285 g/mol. The number of amides is 1. The first-order valence-electron chi connectivity index (χ1n) is 6.65. The van der Waals surface area contributed by atoms with E-state index in [1.165, 1.54) is 4.90 Å². The standard InChI is InChI=1S/C14H17F3N2O2/c15-14(16,17)9-21-6-5-13(20)19-8-11(18)7-10-3-1-2-4-12(10)19/h1-4,11H,5-9,18H2. The van der Waals surface area contributed by atoms with Gasteiger partial charge in [0.05, 0.1) is 13.0 Å². The first-order valence-corrected chi connectivity index (χ1v) is 6.65. The zero-order valence-corrected chi connectivity index (χ0v) is 11.4. The molecule has 0 aromatic heterocycles. The molecule has 1 unspecified atom stereocenters. The molecule has 0 aliphatic carbocycles. The van der Waals surface area contributed by atoms with E-state index < -0.39 is 12.8 Å². The number of nitrogens with zero attached hydrogens (tertiary/aromatic N) is 1. The van der Waals surface area contributed by atoms with E-state index >= 15 is 0 Å². The van der Waals surface area contributed by atoms with Crippen molar-refractivity contribution >= 4 is 11.6 Å². The molecular formula is C14H17F3N2O2. The van der Waals surface area contributed by atoms with E-state index in [1.54, 1.807) is 0 Å². The number of hydrogen-bond acceptors (Lipinski definition) is 3. The average Bonchev–Trinajstić information content (AvgIpc) is 2.41. The van der Waals surface area contributed by atoms with Gasteiger partial charge in [0.1, 0.15) is 6.61 Å². The summed E-state index contributed by atoms with van der Waals surface area (Å²) in [6.45, 7) is -1.22. The van der Waals surface area contributed by atoms with Crippen LogP contribution in [0.5, 0.6) is 0 Å². The number of halogens is 3. The van der Waals surface area contributed by atoms with Crippen LogP contribution in [0.4, 0.5) is 18.9 Å². The molecule has 0 saturated heterocycles. The number of para-hydroxylation sites is 1. The third-order valence-electron chi connectivity index (χ3n) is 3.21. The van der Waals surface area contributed by atoms with Crippen LogP contribution >= 0.6 is 0 Å². The van der Waals surface area contributed by atoms with Crippen LogP contribution in [0.2, 0.25) is 0 Å². The van der Waals surface area contributed by atoms with Gasteiger partial charge in [0.2, 0.25) is 5.91 Å². The summed E-state index contributed by atoms with van der Waals surface area (Å²) in [5.74, 6) is -0.278. The van der Waals surface area contributed by atoms with Crippen LogP contribution in [0, 0.1) is 0 Å².